The Bertz CT molecular complexity index is 1060. The highest BCUT2D eigenvalue weighted by atomic mass is 32.1. The van der Waals surface area contributed by atoms with Crippen LogP contribution in [0.3, 0.4) is 0 Å². The van der Waals surface area contributed by atoms with Crippen LogP contribution in [-0.4, -0.2) is 20.8 Å². The largest absolute Gasteiger partial charge is 0.491 e. The van der Waals surface area contributed by atoms with Crippen LogP contribution in [0.1, 0.15) is 69.0 Å². The van der Waals surface area contributed by atoms with Crippen molar-refractivity contribution in [3.8, 4) is 5.75 Å². The fourth-order valence-electron chi connectivity index (χ4n) is 5.06. The first kappa shape index (κ1) is 21.0. The smallest absolute Gasteiger partial charge is 0.174 e. The number of pyridine rings is 1. The molecule has 0 spiro atoms. The number of hydrogen-bond donors (Lipinski definition) is 1. The van der Waals surface area contributed by atoms with Crippen LogP contribution in [0.2, 0.25) is 0 Å². The van der Waals surface area contributed by atoms with Gasteiger partial charge in [-0.1, -0.05) is 18.9 Å². The van der Waals surface area contributed by atoms with Crippen LogP contribution in [-0.2, 0) is 0 Å². The number of aromatic nitrogens is 2. The highest BCUT2D eigenvalue weighted by molar-refractivity contribution is 7.80. The summed E-state index contributed by atoms with van der Waals surface area (Å²) in [5, 5.41) is 4.30. The van der Waals surface area contributed by atoms with E-state index in [2.05, 4.69) is 56.3 Å². The van der Waals surface area contributed by atoms with Gasteiger partial charge in [0.05, 0.1) is 17.8 Å². The number of anilines is 1. The van der Waals surface area contributed by atoms with Gasteiger partial charge < -0.3 is 19.5 Å². The first-order valence-corrected chi connectivity index (χ1v) is 12.0. The van der Waals surface area contributed by atoms with Gasteiger partial charge >= 0.3 is 0 Å². The first-order chi connectivity index (χ1) is 15.6. The van der Waals surface area contributed by atoms with E-state index in [1.54, 1.807) is 0 Å². The van der Waals surface area contributed by atoms with Gasteiger partial charge in [0, 0.05) is 29.8 Å². The van der Waals surface area contributed by atoms with E-state index < -0.39 is 0 Å². The van der Waals surface area contributed by atoms with E-state index in [1.165, 1.54) is 31.4 Å². The molecule has 0 unspecified atom stereocenters. The predicted molar refractivity (Wildman–Crippen MR) is 132 cm³/mol. The monoisotopic (exact) mass is 446 g/mol. The summed E-state index contributed by atoms with van der Waals surface area (Å²) >= 11 is 5.88. The van der Waals surface area contributed by atoms with E-state index in [1.807, 2.05) is 44.3 Å². The van der Waals surface area contributed by atoms with Crippen LogP contribution in [0, 0.1) is 0 Å². The molecule has 6 heteroatoms. The minimum atomic E-state index is -0.0228. The van der Waals surface area contributed by atoms with Crippen LogP contribution in [0.4, 0.5) is 5.69 Å². The summed E-state index contributed by atoms with van der Waals surface area (Å²) in [6.45, 7) is 4.08. The Morgan fingerprint density at radius 2 is 1.81 bits per heavy atom. The Hall–Kier alpha value is -2.86. The summed E-state index contributed by atoms with van der Waals surface area (Å²) in [4.78, 5) is 6.92. The number of ether oxygens (including phenoxy) is 1. The summed E-state index contributed by atoms with van der Waals surface area (Å²) in [7, 11) is 0. The molecule has 2 aliphatic rings. The highest BCUT2D eigenvalue weighted by Crippen LogP contribution is 2.44. The minimum Gasteiger partial charge on any atom is -0.491 e. The van der Waals surface area contributed by atoms with Crippen molar-refractivity contribution in [2.24, 2.45) is 0 Å². The molecule has 2 atom stereocenters. The van der Waals surface area contributed by atoms with Gasteiger partial charge in [0.15, 0.2) is 5.11 Å². The summed E-state index contributed by atoms with van der Waals surface area (Å²) in [6.07, 6.45) is 9.31. The Kier molecular flexibility index (Phi) is 5.87. The normalized spacial score (nSPS) is 21.3. The number of benzene rings is 1. The lowest BCUT2D eigenvalue weighted by Gasteiger charge is -2.30. The van der Waals surface area contributed by atoms with Crippen molar-refractivity contribution < 1.29 is 4.74 Å². The van der Waals surface area contributed by atoms with Crippen LogP contribution >= 0.6 is 12.2 Å². The van der Waals surface area contributed by atoms with Crippen molar-refractivity contribution in [3.63, 3.8) is 0 Å². The maximum absolute atomic E-state index is 5.88. The van der Waals surface area contributed by atoms with Gasteiger partial charge in [0.25, 0.3) is 0 Å². The first-order valence-electron chi connectivity index (χ1n) is 11.6. The number of nitrogens with zero attached hydrogens (tertiary/aromatic N) is 3. The van der Waals surface area contributed by atoms with Gasteiger partial charge in [0.2, 0.25) is 0 Å². The molecule has 1 aliphatic carbocycles. The molecule has 1 N–H and O–H groups in total. The summed E-state index contributed by atoms with van der Waals surface area (Å²) < 4.78 is 8.33. The van der Waals surface area contributed by atoms with Crippen LogP contribution < -0.4 is 15.0 Å². The third-order valence-electron chi connectivity index (χ3n) is 6.42. The highest BCUT2D eigenvalue weighted by Gasteiger charge is 2.42. The van der Waals surface area contributed by atoms with Gasteiger partial charge in [-0.25, -0.2) is 0 Å². The van der Waals surface area contributed by atoms with Gasteiger partial charge in [-0.2, -0.15) is 0 Å². The quantitative estimate of drug-likeness (QED) is 0.473. The number of thiocarbonyl (C=S) groups is 1. The molecular weight excluding hydrogens is 416 g/mol. The molecule has 1 saturated carbocycles. The molecule has 0 bridgehead atoms. The van der Waals surface area contributed by atoms with Crippen molar-refractivity contribution >= 4 is 23.0 Å². The average Bonchev–Trinajstić information content (AvgIpc) is 3.54. The average molecular weight is 447 g/mol. The lowest BCUT2D eigenvalue weighted by Crippen LogP contribution is -2.30. The molecule has 3 aromatic rings. The molecule has 2 fully saturated rings. The van der Waals surface area contributed by atoms with Gasteiger partial charge in [-0.15, -0.1) is 0 Å². The zero-order valence-corrected chi connectivity index (χ0v) is 19.5. The van der Waals surface area contributed by atoms with E-state index in [-0.39, 0.29) is 18.2 Å². The second-order valence-electron chi connectivity index (χ2n) is 8.94. The molecule has 5 nitrogen and oxygen atoms in total. The van der Waals surface area contributed by atoms with E-state index >= 15 is 0 Å². The second-order valence-corrected chi connectivity index (χ2v) is 9.32. The zero-order chi connectivity index (χ0) is 22.1. The molecule has 1 aliphatic heterocycles. The SMILES string of the molecule is CC(C)Oc1ccc(N2C(=S)N[C@H](c3ccccn3)[C@@H]2c2cccn2C2CCCC2)cc1. The van der Waals surface area contributed by atoms with Crippen LogP contribution in [0.5, 0.6) is 5.75 Å². The van der Waals surface area contributed by atoms with Crippen molar-refractivity contribution in [3.05, 3.63) is 78.4 Å². The van der Waals surface area contributed by atoms with E-state index in [4.69, 9.17) is 17.0 Å². The van der Waals surface area contributed by atoms with Crippen LogP contribution in [0.15, 0.2) is 67.0 Å². The molecule has 3 heterocycles. The maximum Gasteiger partial charge on any atom is 0.174 e. The molecule has 0 amide bonds. The van der Waals surface area contributed by atoms with Gasteiger partial charge in [-0.3, -0.25) is 4.98 Å². The number of rotatable bonds is 6. The minimum absolute atomic E-state index is 0.0184. The predicted octanol–water partition coefficient (Wildman–Crippen LogP) is 5.96. The number of hydrogen-bond acceptors (Lipinski definition) is 3. The summed E-state index contributed by atoms with van der Waals surface area (Å²) in [6, 6.07) is 19.3. The molecule has 1 saturated heterocycles. The Morgan fingerprint density at radius 1 is 1.03 bits per heavy atom. The Labute approximate surface area is 195 Å². The second kappa shape index (κ2) is 8.94. The Morgan fingerprint density at radius 3 is 2.50 bits per heavy atom. The molecule has 32 heavy (non-hydrogen) atoms. The maximum atomic E-state index is 5.88. The lowest BCUT2D eigenvalue weighted by molar-refractivity contribution is 0.242. The van der Waals surface area contributed by atoms with Crippen molar-refractivity contribution in [2.75, 3.05) is 4.90 Å². The molecule has 1 aromatic carbocycles. The molecule has 5 rings (SSSR count). The van der Waals surface area contributed by atoms with Crippen molar-refractivity contribution in [2.45, 2.75) is 63.8 Å². The van der Waals surface area contributed by atoms with E-state index in [0.29, 0.717) is 6.04 Å². The summed E-state index contributed by atoms with van der Waals surface area (Å²) in [5.41, 5.74) is 3.34. The van der Waals surface area contributed by atoms with E-state index in [0.717, 1.165) is 22.2 Å². The van der Waals surface area contributed by atoms with Crippen molar-refractivity contribution in [1.29, 1.82) is 0 Å². The van der Waals surface area contributed by atoms with Gasteiger partial charge in [0.1, 0.15) is 11.8 Å². The van der Waals surface area contributed by atoms with E-state index in [9.17, 15) is 0 Å². The third kappa shape index (κ3) is 3.99. The van der Waals surface area contributed by atoms with Crippen LogP contribution in [0.25, 0.3) is 0 Å². The standard InChI is InChI=1S/C26H30N4OS/c1-18(2)31-21-14-12-20(13-15-21)30-25(23-11-7-17-29(23)19-8-3-4-9-19)24(28-26(30)32)22-10-5-6-16-27-22/h5-7,10-19,24-25H,3-4,8-9H2,1-2H3,(H,28,32)/t24-,25+/m1/s1. The third-order valence-corrected chi connectivity index (χ3v) is 6.73. The molecule has 2 aromatic heterocycles. The molecular formula is C26H30N4OS. The Balaban J connectivity index is 1.56. The fourth-order valence-corrected chi connectivity index (χ4v) is 5.41. The van der Waals surface area contributed by atoms with Crippen molar-refractivity contribution in [1.82, 2.24) is 14.9 Å². The number of nitrogens with one attached hydrogen (secondary N) is 1. The zero-order valence-electron chi connectivity index (χ0n) is 18.6. The fraction of sp³-hybridized carbons (Fsp3) is 0.385. The summed E-state index contributed by atoms with van der Waals surface area (Å²) in [5.74, 6) is 0.869. The topological polar surface area (TPSA) is 42.3 Å². The molecule has 0 radical (unpaired) electrons. The lowest BCUT2D eigenvalue weighted by atomic mass is 10.00. The molecule has 166 valence electrons. The van der Waals surface area contributed by atoms with Gasteiger partial charge in [-0.05, 0) is 87.4 Å².